The Balaban J connectivity index is 0.00000211. The summed E-state index contributed by atoms with van der Waals surface area (Å²) in [7, 11) is 1.84. The van der Waals surface area contributed by atoms with Crippen LogP contribution in [-0.2, 0) is 4.79 Å². The van der Waals surface area contributed by atoms with E-state index in [0.717, 1.165) is 23.4 Å². The molecule has 4 nitrogen and oxygen atoms in total. The van der Waals surface area contributed by atoms with Crippen LogP contribution in [0.25, 0.3) is 0 Å². The van der Waals surface area contributed by atoms with Gasteiger partial charge in [0.05, 0.1) is 0 Å². The van der Waals surface area contributed by atoms with Gasteiger partial charge in [0.15, 0.2) is 0 Å². The lowest BCUT2D eigenvalue weighted by Gasteiger charge is -2.11. The van der Waals surface area contributed by atoms with Gasteiger partial charge in [-0.25, -0.2) is 0 Å². The number of carbonyl (C=O) groups excluding carboxylic acids is 1. The minimum atomic E-state index is 0.492. The van der Waals surface area contributed by atoms with Gasteiger partial charge in [0.1, 0.15) is 6.29 Å². The van der Waals surface area contributed by atoms with Gasteiger partial charge in [-0.3, -0.25) is 0 Å². The number of nitrogen functional groups attached to an aromatic ring is 1. The highest BCUT2D eigenvalue weighted by atomic mass is 16.1. The van der Waals surface area contributed by atoms with Crippen LogP contribution >= 0.6 is 0 Å². The van der Waals surface area contributed by atoms with Crippen LogP contribution in [0.3, 0.4) is 0 Å². The zero-order valence-electron chi connectivity index (χ0n) is 13.7. The van der Waals surface area contributed by atoms with E-state index in [4.69, 9.17) is 5.73 Å². The highest BCUT2D eigenvalue weighted by Gasteiger charge is 1.99. The summed E-state index contributed by atoms with van der Waals surface area (Å²) in [5.41, 5.74) is 9.21. The van der Waals surface area contributed by atoms with Crippen molar-refractivity contribution in [3.8, 4) is 0 Å². The van der Waals surface area contributed by atoms with Crippen LogP contribution in [-0.4, -0.2) is 13.3 Å². The summed E-state index contributed by atoms with van der Waals surface area (Å²) in [6, 6.07) is 7.51. The van der Waals surface area contributed by atoms with Crippen LogP contribution in [0.15, 0.2) is 60.5 Å². The summed E-state index contributed by atoms with van der Waals surface area (Å²) >= 11 is 0. The Kier molecular flexibility index (Phi) is 10.9. The van der Waals surface area contributed by atoms with Gasteiger partial charge in [0, 0.05) is 36.2 Å². The number of rotatable bonds is 8. The highest BCUT2D eigenvalue weighted by Crippen LogP contribution is 2.16. The van der Waals surface area contributed by atoms with Crippen molar-refractivity contribution in [1.29, 1.82) is 0 Å². The fourth-order valence-corrected chi connectivity index (χ4v) is 1.71. The van der Waals surface area contributed by atoms with Gasteiger partial charge < -0.3 is 21.2 Å². The second-order valence-corrected chi connectivity index (χ2v) is 4.23. The normalized spacial score (nSPS) is 11.0. The number of hydrogen-bond donors (Lipinski definition) is 3. The van der Waals surface area contributed by atoms with E-state index < -0.39 is 0 Å². The Hall–Kier alpha value is -2.49. The Labute approximate surface area is 133 Å². The largest absolute Gasteiger partial charge is 0.399 e. The molecule has 120 valence electrons. The van der Waals surface area contributed by atoms with Gasteiger partial charge in [-0.15, -0.1) is 0 Å². The van der Waals surface area contributed by atoms with Crippen LogP contribution in [0.4, 0.5) is 11.4 Å². The molecular weight excluding hydrogens is 274 g/mol. The number of anilines is 2. The summed E-state index contributed by atoms with van der Waals surface area (Å²) in [6.45, 7) is 7.71. The Bertz CT molecular complexity index is 519. The first kappa shape index (κ1) is 19.5. The molecule has 4 N–H and O–H groups in total. The topological polar surface area (TPSA) is 67.2 Å². The van der Waals surface area contributed by atoms with Crippen molar-refractivity contribution in [3.05, 3.63) is 60.5 Å². The first-order valence-corrected chi connectivity index (χ1v) is 7.47. The molecule has 1 rings (SSSR count). The molecule has 0 radical (unpaired) electrons. The number of carbonyl (C=O) groups is 1. The van der Waals surface area contributed by atoms with Gasteiger partial charge in [-0.1, -0.05) is 32.6 Å². The molecule has 0 saturated carbocycles. The maximum absolute atomic E-state index is 10.4. The standard InChI is InChI=1S/C16H21N3O.C2H6/c1-3-6-15(12-14(18-2)9-5-10-20)19-16-8-4-7-13(17)11-16;1-2/h3-4,6-8,10-12,18-19H,1,5,9,17H2,2H3;1-2H3/b14-12+,15-6+;. The van der Waals surface area contributed by atoms with E-state index in [1.165, 1.54) is 0 Å². The van der Waals surface area contributed by atoms with E-state index in [9.17, 15) is 4.79 Å². The lowest BCUT2D eigenvalue weighted by molar-refractivity contribution is -0.107. The molecule has 0 heterocycles. The highest BCUT2D eigenvalue weighted by molar-refractivity contribution is 5.58. The quantitative estimate of drug-likeness (QED) is 0.387. The van der Waals surface area contributed by atoms with Crippen molar-refractivity contribution in [3.63, 3.8) is 0 Å². The molecule has 22 heavy (non-hydrogen) atoms. The van der Waals surface area contributed by atoms with Gasteiger partial charge >= 0.3 is 0 Å². The molecule has 0 atom stereocenters. The predicted molar refractivity (Wildman–Crippen MR) is 96.5 cm³/mol. The molecule has 0 amide bonds. The molecular formula is C18H27N3O. The van der Waals surface area contributed by atoms with Crippen molar-refractivity contribution >= 4 is 17.7 Å². The maximum atomic E-state index is 10.4. The zero-order valence-corrected chi connectivity index (χ0v) is 13.7. The van der Waals surface area contributed by atoms with Crippen molar-refractivity contribution in [1.82, 2.24) is 5.32 Å². The van der Waals surface area contributed by atoms with Crippen LogP contribution in [0, 0.1) is 0 Å². The molecule has 0 unspecified atom stereocenters. The molecule has 1 aromatic rings. The van der Waals surface area contributed by atoms with Crippen LogP contribution in [0.5, 0.6) is 0 Å². The van der Waals surface area contributed by atoms with Crippen LogP contribution in [0.2, 0.25) is 0 Å². The summed E-state index contributed by atoms with van der Waals surface area (Å²) < 4.78 is 0. The third-order valence-electron chi connectivity index (χ3n) is 2.66. The second kappa shape index (κ2) is 12.3. The third-order valence-corrected chi connectivity index (χ3v) is 2.66. The van der Waals surface area contributed by atoms with E-state index in [1.54, 1.807) is 6.08 Å². The first-order valence-electron chi connectivity index (χ1n) is 7.47. The third kappa shape index (κ3) is 7.94. The van der Waals surface area contributed by atoms with Crippen molar-refractivity contribution < 1.29 is 4.79 Å². The summed E-state index contributed by atoms with van der Waals surface area (Å²) in [6.07, 6.45) is 7.60. The monoisotopic (exact) mass is 301 g/mol. The minimum Gasteiger partial charge on any atom is -0.399 e. The molecule has 0 aliphatic carbocycles. The fraction of sp³-hybridized carbons (Fsp3) is 0.278. The maximum Gasteiger partial charge on any atom is 0.120 e. The molecule has 0 aliphatic heterocycles. The number of benzene rings is 1. The van der Waals surface area contributed by atoms with Crippen LogP contribution in [0.1, 0.15) is 26.7 Å². The fourth-order valence-electron chi connectivity index (χ4n) is 1.71. The zero-order chi connectivity index (χ0) is 16.8. The van der Waals surface area contributed by atoms with E-state index in [0.29, 0.717) is 18.5 Å². The number of aldehydes is 1. The molecule has 0 fully saturated rings. The second-order valence-electron chi connectivity index (χ2n) is 4.23. The molecule has 1 aromatic carbocycles. The van der Waals surface area contributed by atoms with Gasteiger partial charge in [0.2, 0.25) is 0 Å². The average molecular weight is 301 g/mol. The van der Waals surface area contributed by atoms with Gasteiger partial charge in [-0.2, -0.15) is 0 Å². The first-order chi connectivity index (χ1) is 10.7. The van der Waals surface area contributed by atoms with E-state index in [1.807, 2.05) is 57.3 Å². The lowest BCUT2D eigenvalue weighted by Crippen LogP contribution is -2.08. The summed E-state index contributed by atoms with van der Waals surface area (Å²) in [4.78, 5) is 10.4. The number of nitrogens with one attached hydrogen (secondary N) is 2. The van der Waals surface area contributed by atoms with Crippen molar-refractivity contribution in [2.45, 2.75) is 26.7 Å². The summed E-state index contributed by atoms with van der Waals surface area (Å²) in [5.74, 6) is 0. The van der Waals surface area contributed by atoms with Gasteiger partial charge in [0.25, 0.3) is 0 Å². The lowest BCUT2D eigenvalue weighted by atomic mass is 10.2. The predicted octanol–water partition coefficient (Wildman–Crippen LogP) is 3.86. The number of nitrogens with two attached hydrogens (primary N) is 1. The van der Waals surface area contributed by atoms with Gasteiger partial charge in [-0.05, 0) is 36.8 Å². The number of hydrogen-bond acceptors (Lipinski definition) is 4. The minimum absolute atomic E-state index is 0.492. The Morgan fingerprint density at radius 2 is 2.09 bits per heavy atom. The SMILES string of the molecule is C=C/C=C(\C=C(/CCC=O)NC)Nc1cccc(N)c1.CC. The van der Waals surface area contributed by atoms with Crippen molar-refractivity contribution in [2.75, 3.05) is 18.1 Å². The van der Waals surface area contributed by atoms with E-state index in [-0.39, 0.29) is 0 Å². The molecule has 4 heteroatoms. The molecule has 0 bridgehead atoms. The molecule has 0 spiro atoms. The number of allylic oxidation sites excluding steroid dienone is 4. The molecule has 0 saturated heterocycles. The van der Waals surface area contributed by atoms with E-state index in [2.05, 4.69) is 17.2 Å². The molecule has 0 aliphatic rings. The van der Waals surface area contributed by atoms with Crippen LogP contribution < -0.4 is 16.4 Å². The average Bonchev–Trinajstić information content (AvgIpc) is 2.53. The summed E-state index contributed by atoms with van der Waals surface area (Å²) in [5, 5.41) is 6.35. The smallest absolute Gasteiger partial charge is 0.120 e. The molecule has 0 aromatic heterocycles. The Morgan fingerprint density at radius 3 is 2.64 bits per heavy atom. The van der Waals surface area contributed by atoms with Crippen molar-refractivity contribution in [2.24, 2.45) is 0 Å². The van der Waals surface area contributed by atoms with E-state index >= 15 is 0 Å². The Morgan fingerprint density at radius 1 is 1.36 bits per heavy atom.